The number of amides is 2. The number of hydrogen-bond acceptors (Lipinski definition) is 5. The highest BCUT2D eigenvalue weighted by Crippen LogP contribution is 2.28. The summed E-state index contributed by atoms with van der Waals surface area (Å²) in [4.78, 5) is 37.3. The van der Waals surface area contributed by atoms with Crippen LogP contribution in [-0.4, -0.2) is 37.4 Å². The van der Waals surface area contributed by atoms with Crippen LogP contribution in [0.4, 0.5) is 0 Å². The second-order valence-electron chi connectivity index (χ2n) is 7.84. The molecule has 2 aromatic rings. The second kappa shape index (κ2) is 11.0. The third-order valence-corrected chi connectivity index (χ3v) is 5.73. The summed E-state index contributed by atoms with van der Waals surface area (Å²) in [6.45, 7) is 3.72. The standard InChI is InChI=1S/C22H23BBrClN2O5/c1-13(2)10-18(23-31-20(22(30)32-23)14-6-4-3-5-7-14)27-19(28)12-26-21(29)16-11-15(25)8-9-17(16)24/h3-9,11,13,18,20H,10,12H2,1-2H3,(H,26,29)(H,27,28)/t18?,20-/m1/s1. The van der Waals surface area contributed by atoms with Gasteiger partial charge in [0.25, 0.3) is 5.91 Å². The third-order valence-electron chi connectivity index (χ3n) is 4.80. The molecule has 168 valence electrons. The van der Waals surface area contributed by atoms with Crippen LogP contribution in [0.5, 0.6) is 0 Å². The van der Waals surface area contributed by atoms with Gasteiger partial charge in [-0.05, 0) is 52.0 Å². The minimum Gasteiger partial charge on any atom is -0.506 e. The van der Waals surface area contributed by atoms with Crippen molar-refractivity contribution >= 4 is 52.4 Å². The maximum Gasteiger partial charge on any atom is 0.552 e. The summed E-state index contributed by atoms with van der Waals surface area (Å²) in [6.07, 6.45) is -0.313. The fourth-order valence-electron chi connectivity index (χ4n) is 3.34. The minimum absolute atomic E-state index is 0.204. The molecule has 1 fully saturated rings. The quantitative estimate of drug-likeness (QED) is 0.517. The Bertz CT molecular complexity index is 992. The molecule has 1 saturated heterocycles. The first-order valence-electron chi connectivity index (χ1n) is 10.2. The van der Waals surface area contributed by atoms with Crippen molar-refractivity contribution in [2.45, 2.75) is 32.3 Å². The molecule has 1 aliphatic heterocycles. The van der Waals surface area contributed by atoms with E-state index >= 15 is 0 Å². The Kier molecular flexibility index (Phi) is 8.34. The summed E-state index contributed by atoms with van der Waals surface area (Å²) in [6, 6.07) is 13.9. The van der Waals surface area contributed by atoms with E-state index in [1.807, 2.05) is 32.0 Å². The van der Waals surface area contributed by atoms with Crippen molar-refractivity contribution in [3.05, 3.63) is 69.2 Å². The lowest BCUT2D eigenvalue weighted by Gasteiger charge is -2.21. The number of carbonyl (C=O) groups excluding carboxylic acids is 3. The highest BCUT2D eigenvalue weighted by atomic mass is 79.9. The number of hydrogen-bond donors (Lipinski definition) is 2. The van der Waals surface area contributed by atoms with Crippen molar-refractivity contribution in [1.29, 1.82) is 0 Å². The lowest BCUT2D eigenvalue weighted by Crippen LogP contribution is -2.50. The van der Waals surface area contributed by atoms with E-state index in [-0.39, 0.29) is 12.5 Å². The molecule has 0 radical (unpaired) electrons. The topological polar surface area (TPSA) is 93.7 Å². The predicted molar refractivity (Wildman–Crippen MR) is 125 cm³/mol. The highest BCUT2D eigenvalue weighted by Gasteiger charge is 2.46. The Morgan fingerprint density at radius 1 is 1.19 bits per heavy atom. The zero-order valence-electron chi connectivity index (χ0n) is 17.6. The molecule has 0 aliphatic carbocycles. The van der Waals surface area contributed by atoms with Gasteiger partial charge in [0.1, 0.15) is 0 Å². The number of benzene rings is 2. The number of nitrogens with one attached hydrogen (secondary N) is 2. The van der Waals surface area contributed by atoms with E-state index in [0.717, 1.165) is 0 Å². The van der Waals surface area contributed by atoms with Crippen molar-refractivity contribution in [2.24, 2.45) is 5.92 Å². The van der Waals surface area contributed by atoms with E-state index in [4.69, 9.17) is 20.9 Å². The smallest absolute Gasteiger partial charge is 0.506 e. The Hall–Kier alpha value is -2.36. The van der Waals surface area contributed by atoms with Crippen LogP contribution in [0.15, 0.2) is 53.0 Å². The Morgan fingerprint density at radius 2 is 1.91 bits per heavy atom. The lowest BCUT2D eigenvalue weighted by molar-refractivity contribution is -0.136. The normalized spacial score (nSPS) is 16.6. The van der Waals surface area contributed by atoms with Gasteiger partial charge in [-0.3, -0.25) is 14.4 Å². The first-order chi connectivity index (χ1) is 15.2. The van der Waals surface area contributed by atoms with Gasteiger partial charge in [0.2, 0.25) is 5.91 Å². The molecule has 10 heteroatoms. The van der Waals surface area contributed by atoms with Gasteiger partial charge in [0, 0.05) is 9.50 Å². The molecule has 2 atom stereocenters. The zero-order chi connectivity index (χ0) is 23.3. The molecule has 7 nitrogen and oxygen atoms in total. The van der Waals surface area contributed by atoms with Crippen LogP contribution >= 0.6 is 27.5 Å². The van der Waals surface area contributed by atoms with Crippen LogP contribution in [0, 0.1) is 5.92 Å². The average molecular weight is 522 g/mol. The Balaban J connectivity index is 1.61. The van der Waals surface area contributed by atoms with Gasteiger partial charge < -0.3 is 19.9 Å². The van der Waals surface area contributed by atoms with Crippen molar-refractivity contribution in [3.8, 4) is 0 Å². The van der Waals surface area contributed by atoms with Crippen molar-refractivity contribution < 1.29 is 23.7 Å². The minimum atomic E-state index is -0.920. The third kappa shape index (κ3) is 6.34. The summed E-state index contributed by atoms with van der Waals surface area (Å²) in [5.41, 5.74) is 1.01. The first-order valence-corrected chi connectivity index (χ1v) is 11.3. The fraction of sp³-hybridized carbons (Fsp3) is 0.318. The number of rotatable bonds is 8. The SMILES string of the molecule is CC(C)CC(NC(=O)CNC(=O)c1cc(Cl)ccc1Br)B1OC(=O)[C@@H](c2ccccc2)O1. The molecule has 1 aliphatic rings. The molecule has 2 N–H and O–H groups in total. The summed E-state index contributed by atoms with van der Waals surface area (Å²) in [5, 5.41) is 5.80. The summed E-state index contributed by atoms with van der Waals surface area (Å²) in [5.74, 6) is -1.72. The van der Waals surface area contributed by atoms with Crippen LogP contribution in [0.2, 0.25) is 5.02 Å². The second-order valence-corrected chi connectivity index (χ2v) is 9.13. The van der Waals surface area contributed by atoms with Crippen LogP contribution < -0.4 is 10.6 Å². The van der Waals surface area contributed by atoms with E-state index in [1.165, 1.54) is 6.07 Å². The number of carbonyl (C=O) groups is 3. The van der Waals surface area contributed by atoms with Gasteiger partial charge >= 0.3 is 13.1 Å². The highest BCUT2D eigenvalue weighted by molar-refractivity contribution is 9.10. The predicted octanol–water partition coefficient (Wildman–Crippen LogP) is 3.71. The monoisotopic (exact) mass is 520 g/mol. The summed E-state index contributed by atoms with van der Waals surface area (Å²) < 4.78 is 11.9. The van der Waals surface area contributed by atoms with Gasteiger partial charge in [-0.2, -0.15) is 0 Å². The zero-order valence-corrected chi connectivity index (χ0v) is 20.0. The van der Waals surface area contributed by atoms with Crippen LogP contribution in [0.1, 0.15) is 42.3 Å². The van der Waals surface area contributed by atoms with Crippen LogP contribution in [0.25, 0.3) is 0 Å². The maximum atomic E-state index is 12.6. The van der Waals surface area contributed by atoms with Crippen LogP contribution in [-0.2, 0) is 18.9 Å². The molecule has 0 saturated carbocycles. The van der Waals surface area contributed by atoms with E-state index in [1.54, 1.807) is 24.3 Å². The fourth-order valence-corrected chi connectivity index (χ4v) is 3.94. The molecule has 2 amide bonds. The molecule has 0 bridgehead atoms. The molecule has 32 heavy (non-hydrogen) atoms. The molecule has 3 rings (SSSR count). The van der Waals surface area contributed by atoms with Crippen molar-refractivity contribution in [2.75, 3.05) is 6.54 Å². The summed E-state index contributed by atoms with van der Waals surface area (Å²) in [7, 11) is -0.920. The largest absolute Gasteiger partial charge is 0.552 e. The van der Waals surface area contributed by atoms with Gasteiger partial charge in [-0.1, -0.05) is 55.8 Å². The molecular weight excluding hydrogens is 498 g/mol. The molecule has 2 aromatic carbocycles. The lowest BCUT2D eigenvalue weighted by atomic mass is 9.74. The van der Waals surface area contributed by atoms with Gasteiger partial charge in [-0.15, -0.1) is 0 Å². The maximum absolute atomic E-state index is 12.6. The van der Waals surface area contributed by atoms with Crippen molar-refractivity contribution in [1.82, 2.24) is 10.6 Å². The first kappa shape index (κ1) is 24.3. The van der Waals surface area contributed by atoms with E-state index in [2.05, 4.69) is 26.6 Å². The molecular formula is C22H23BBrClN2O5. The molecule has 1 unspecified atom stereocenters. The van der Waals surface area contributed by atoms with E-state index in [9.17, 15) is 14.4 Å². The molecule has 0 spiro atoms. The number of halogens is 2. The van der Waals surface area contributed by atoms with Gasteiger partial charge in [0.15, 0.2) is 6.10 Å². The van der Waals surface area contributed by atoms with E-state index in [0.29, 0.717) is 27.0 Å². The molecule has 0 aromatic heterocycles. The molecule has 1 heterocycles. The van der Waals surface area contributed by atoms with Crippen LogP contribution in [0.3, 0.4) is 0 Å². The van der Waals surface area contributed by atoms with E-state index < -0.39 is 36.9 Å². The summed E-state index contributed by atoms with van der Waals surface area (Å²) >= 11 is 9.24. The van der Waals surface area contributed by atoms with Gasteiger partial charge in [-0.25, -0.2) is 0 Å². The Morgan fingerprint density at radius 3 is 2.59 bits per heavy atom. The van der Waals surface area contributed by atoms with Gasteiger partial charge in [0.05, 0.1) is 18.0 Å². The van der Waals surface area contributed by atoms with Crippen molar-refractivity contribution in [3.63, 3.8) is 0 Å². The average Bonchev–Trinajstić information content (AvgIpc) is 3.15. The Labute approximate surface area is 200 Å².